The van der Waals surface area contributed by atoms with Crippen LogP contribution in [0.5, 0.6) is 0 Å². The lowest BCUT2D eigenvalue weighted by Gasteiger charge is -2.13. The van der Waals surface area contributed by atoms with E-state index in [4.69, 9.17) is 10.5 Å². The largest absolute Gasteiger partial charge is 0.445 e. The van der Waals surface area contributed by atoms with Crippen LogP contribution in [0.25, 0.3) is 0 Å². The van der Waals surface area contributed by atoms with Gasteiger partial charge in [-0.05, 0) is 5.56 Å². The van der Waals surface area contributed by atoms with E-state index < -0.39 is 12.3 Å². The van der Waals surface area contributed by atoms with E-state index in [1.54, 1.807) is 0 Å². The minimum Gasteiger partial charge on any atom is -0.445 e. The first-order valence-electron chi connectivity index (χ1n) is 6.39. The third-order valence-corrected chi connectivity index (χ3v) is 2.70. The summed E-state index contributed by atoms with van der Waals surface area (Å²) in [6.07, 6.45) is 2.86. The number of aromatic nitrogens is 2. The molecule has 7 nitrogen and oxygen atoms in total. The van der Waals surface area contributed by atoms with Gasteiger partial charge in [0.05, 0.1) is 12.6 Å². The highest BCUT2D eigenvalue weighted by Crippen LogP contribution is 2.01. The van der Waals surface area contributed by atoms with E-state index in [9.17, 15) is 9.59 Å². The quantitative estimate of drug-likeness (QED) is 0.803. The normalized spacial score (nSPS) is 11.7. The zero-order valence-corrected chi connectivity index (χ0v) is 11.3. The second kappa shape index (κ2) is 7.20. The number of rotatable bonds is 5. The summed E-state index contributed by atoms with van der Waals surface area (Å²) in [6.45, 7) is 0.148. The maximum absolute atomic E-state index is 11.7. The van der Waals surface area contributed by atoms with Crippen LogP contribution in [0.2, 0.25) is 0 Å². The summed E-state index contributed by atoms with van der Waals surface area (Å²) in [5.74, 6) is -0.261. The molecule has 0 saturated carbocycles. The van der Waals surface area contributed by atoms with E-state index in [1.165, 1.54) is 23.3 Å². The molecule has 3 N–H and O–H groups in total. The van der Waals surface area contributed by atoms with Crippen LogP contribution in [-0.4, -0.2) is 27.7 Å². The van der Waals surface area contributed by atoms with Gasteiger partial charge in [0.25, 0.3) is 0 Å². The van der Waals surface area contributed by atoms with Crippen LogP contribution in [-0.2, 0) is 11.3 Å². The van der Waals surface area contributed by atoms with Gasteiger partial charge in [0.1, 0.15) is 12.9 Å². The van der Waals surface area contributed by atoms with Gasteiger partial charge in [0.2, 0.25) is 5.91 Å². The number of nitrogens with two attached hydrogens (primary N) is 1. The molecule has 0 unspecified atom stereocenters. The fraction of sp³-hybridized carbons (Fsp3) is 0.214. The second-order valence-electron chi connectivity index (χ2n) is 4.38. The molecule has 110 valence electrons. The molecule has 0 aliphatic heterocycles. The van der Waals surface area contributed by atoms with Crippen LogP contribution in [0.3, 0.4) is 0 Å². The molecule has 7 heteroatoms. The van der Waals surface area contributed by atoms with Crippen LogP contribution in [0, 0.1) is 0 Å². The van der Waals surface area contributed by atoms with Crippen molar-refractivity contribution >= 4 is 12.0 Å². The van der Waals surface area contributed by atoms with Crippen molar-refractivity contribution in [1.29, 1.82) is 0 Å². The first-order chi connectivity index (χ1) is 10.1. The molecule has 2 rings (SSSR count). The van der Waals surface area contributed by atoms with Crippen LogP contribution in [0.1, 0.15) is 16.8 Å². The van der Waals surface area contributed by atoms with Gasteiger partial charge in [-0.3, -0.25) is 9.36 Å². The van der Waals surface area contributed by atoms with Crippen molar-refractivity contribution in [2.24, 2.45) is 5.73 Å². The minimum atomic E-state index is -0.817. The molecule has 1 atom stereocenters. The molecular weight excluding hydrogens is 272 g/mol. The summed E-state index contributed by atoms with van der Waals surface area (Å²) >= 11 is 0. The Morgan fingerprint density at radius 1 is 1.33 bits per heavy atom. The number of nitrogens with zero attached hydrogens (tertiary/aromatic N) is 2. The van der Waals surface area contributed by atoms with E-state index in [0.29, 0.717) is 0 Å². The zero-order chi connectivity index (χ0) is 15.1. The summed E-state index contributed by atoms with van der Waals surface area (Å²) < 4.78 is 6.31. The minimum absolute atomic E-state index is 0.0448. The van der Waals surface area contributed by atoms with Gasteiger partial charge in [0.15, 0.2) is 0 Å². The van der Waals surface area contributed by atoms with Crippen molar-refractivity contribution in [2.45, 2.75) is 19.2 Å². The van der Waals surface area contributed by atoms with Crippen molar-refractivity contribution < 1.29 is 14.3 Å². The molecule has 0 saturated heterocycles. The maximum atomic E-state index is 11.7. The molecule has 0 aliphatic rings. The molecule has 0 spiro atoms. The van der Waals surface area contributed by atoms with Crippen LogP contribution in [0.4, 0.5) is 4.79 Å². The standard InChI is InChI=1S/C14H16N4O3/c15-12(8-13(19)18-7-6-16-10-18)17-14(20)21-9-11-4-2-1-3-5-11/h1-7,10,12H,8-9,15H2,(H,17,20)/t12-/m0/s1. The number of alkyl carbamates (subject to hydrolysis) is 1. The first-order valence-corrected chi connectivity index (χ1v) is 6.39. The third-order valence-electron chi connectivity index (χ3n) is 2.70. The van der Waals surface area contributed by atoms with Gasteiger partial charge in [-0.1, -0.05) is 30.3 Å². The Balaban J connectivity index is 1.73. The van der Waals surface area contributed by atoms with Crippen molar-refractivity contribution in [3.05, 3.63) is 54.6 Å². The number of hydrogen-bond donors (Lipinski definition) is 2. The fourth-order valence-electron chi connectivity index (χ4n) is 1.67. The number of hydrogen-bond acceptors (Lipinski definition) is 5. The summed E-state index contributed by atoms with van der Waals surface area (Å²) in [4.78, 5) is 27.0. The Morgan fingerprint density at radius 2 is 2.10 bits per heavy atom. The third kappa shape index (κ3) is 4.73. The van der Waals surface area contributed by atoms with Gasteiger partial charge >= 0.3 is 6.09 Å². The Labute approximate surface area is 121 Å². The lowest BCUT2D eigenvalue weighted by molar-refractivity contribution is 0.0884. The van der Waals surface area contributed by atoms with Crippen molar-refractivity contribution in [2.75, 3.05) is 0 Å². The van der Waals surface area contributed by atoms with Gasteiger partial charge in [-0.25, -0.2) is 9.78 Å². The Kier molecular flexibility index (Phi) is 5.05. The summed E-state index contributed by atoms with van der Waals surface area (Å²) in [6, 6.07) is 9.27. The monoisotopic (exact) mass is 288 g/mol. The molecule has 1 aromatic carbocycles. The predicted molar refractivity (Wildman–Crippen MR) is 75.2 cm³/mol. The summed E-state index contributed by atoms with van der Waals surface area (Å²) in [5, 5.41) is 2.41. The first kappa shape index (κ1) is 14.7. The highest BCUT2D eigenvalue weighted by molar-refractivity contribution is 5.79. The molecular formula is C14H16N4O3. The maximum Gasteiger partial charge on any atom is 0.408 e. The summed E-state index contributed by atoms with van der Waals surface area (Å²) in [7, 11) is 0. The van der Waals surface area contributed by atoms with Crippen LogP contribution >= 0.6 is 0 Å². The Morgan fingerprint density at radius 3 is 2.76 bits per heavy atom. The predicted octanol–water partition coefficient (Wildman–Crippen LogP) is 1.12. The number of amides is 1. The molecule has 21 heavy (non-hydrogen) atoms. The van der Waals surface area contributed by atoms with E-state index in [0.717, 1.165) is 5.56 Å². The fourth-order valence-corrected chi connectivity index (χ4v) is 1.67. The van der Waals surface area contributed by atoms with E-state index >= 15 is 0 Å². The Bertz CT molecular complexity index is 584. The van der Waals surface area contributed by atoms with Gasteiger partial charge < -0.3 is 15.8 Å². The lowest BCUT2D eigenvalue weighted by Crippen LogP contribution is -2.43. The molecule has 1 heterocycles. The molecule has 1 amide bonds. The van der Waals surface area contributed by atoms with E-state index in [-0.39, 0.29) is 18.9 Å². The van der Waals surface area contributed by atoms with Gasteiger partial charge in [-0.15, -0.1) is 0 Å². The highest BCUT2D eigenvalue weighted by Gasteiger charge is 2.14. The van der Waals surface area contributed by atoms with Crippen LogP contribution < -0.4 is 11.1 Å². The number of benzene rings is 1. The van der Waals surface area contributed by atoms with E-state index in [1.807, 2.05) is 30.3 Å². The van der Waals surface area contributed by atoms with Crippen LogP contribution in [0.15, 0.2) is 49.1 Å². The molecule has 1 aromatic heterocycles. The SMILES string of the molecule is N[C@H](CC(=O)n1ccnc1)NC(=O)OCc1ccccc1. The second-order valence-corrected chi connectivity index (χ2v) is 4.38. The number of ether oxygens (including phenoxy) is 1. The summed E-state index contributed by atoms with van der Waals surface area (Å²) in [5.41, 5.74) is 6.56. The van der Waals surface area contributed by atoms with Crippen molar-refractivity contribution in [1.82, 2.24) is 14.9 Å². The molecule has 0 aliphatic carbocycles. The number of carbonyl (C=O) groups excluding carboxylic acids is 2. The molecule has 2 aromatic rings. The number of carbonyl (C=O) groups is 2. The topological polar surface area (TPSA) is 99.2 Å². The lowest BCUT2D eigenvalue weighted by atomic mass is 10.2. The average molecular weight is 288 g/mol. The van der Waals surface area contributed by atoms with Gasteiger partial charge in [0, 0.05) is 12.4 Å². The molecule has 0 radical (unpaired) electrons. The van der Waals surface area contributed by atoms with E-state index in [2.05, 4.69) is 10.3 Å². The molecule has 0 fully saturated rings. The average Bonchev–Trinajstić information content (AvgIpc) is 3.00. The van der Waals surface area contributed by atoms with Crippen molar-refractivity contribution in [3.63, 3.8) is 0 Å². The number of imidazole rings is 1. The zero-order valence-electron chi connectivity index (χ0n) is 11.3. The van der Waals surface area contributed by atoms with Gasteiger partial charge in [-0.2, -0.15) is 0 Å². The molecule has 0 bridgehead atoms. The number of nitrogens with one attached hydrogen (secondary N) is 1. The Hall–Kier alpha value is -2.67. The smallest absolute Gasteiger partial charge is 0.408 e. The highest BCUT2D eigenvalue weighted by atomic mass is 16.5. The van der Waals surface area contributed by atoms with Crippen molar-refractivity contribution in [3.8, 4) is 0 Å².